The van der Waals surface area contributed by atoms with Gasteiger partial charge in [-0.05, 0) is 6.07 Å². The van der Waals surface area contributed by atoms with Gasteiger partial charge in [0.2, 0.25) is 0 Å². The first kappa shape index (κ1) is 12.7. The van der Waals surface area contributed by atoms with Crippen molar-refractivity contribution in [1.29, 1.82) is 0 Å². The molecule has 0 bridgehead atoms. The van der Waals surface area contributed by atoms with E-state index in [1.54, 1.807) is 38.9 Å². The number of ether oxygens (including phenoxy) is 2. The van der Waals surface area contributed by atoms with Gasteiger partial charge < -0.3 is 15.2 Å². The molecular weight excluding hydrogens is 254 g/mol. The minimum absolute atomic E-state index is 0.382. The maximum Gasteiger partial charge on any atom is 0.146 e. The van der Waals surface area contributed by atoms with Crippen molar-refractivity contribution >= 4 is 11.6 Å². The third kappa shape index (κ3) is 2.14. The maximum atomic E-state index is 6.13. The molecule has 2 N–H and O–H groups in total. The maximum absolute atomic E-state index is 6.13. The number of imidazole rings is 1. The van der Waals surface area contributed by atoms with Crippen LogP contribution in [0, 0.1) is 0 Å². The van der Waals surface area contributed by atoms with Gasteiger partial charge in [0.15, 0.2) is 0 Å². The van der Waals surface area contributed by atoms with Crippen LogP contribution in [0.25, 0.3) is 5.69 Å². The summed E-state index contributed by atoms with van der Waals surface area (Å²) in [6.07, 6.45) is 3.38. The molecule has 0 unspecified atom stereocenters. The smallest absolute Gasteiger partial charge is 0.146 e. The highest BCUT2D eigenvalue weighted by Crippen LogP contribution is 2.35. The van der Waals surface area contributed by atoms with E-state index in [9.17, 15) is 0 Å². The highest BCUT2D eigenvalue weighted by molar-refractivity contribution is 6.32. The number of halogens is 1. The third-order valence-corrected chi connectivity index (χ3v) is 2.93. The molecule has 5 nitrogen and oxygen atoms in total. The molecule has 1 aromatic heterocycles. The highest BCUT2D eigenvalue weighted by Gasteiger charge is 2.13. The summed E-state index contributed by atoms with van der Waals surface area (Å²) < 4.78 is 12.3. The average Bonchev–Trinajstić information content (AvgIpc) is 2.86. The second kappa shape index (κ2) is 5.29. The zero-order chi connectivity index (χ0) is 13.1. The van der Waals surface area contributed by atoms with Crippen LogP contribution >= 0.6 is 11.6 Å². The van der Waals surface area contributed by atoms with Crippen LogP contribution < -0.4 is 15.2 Å². The Morgan fingerprint density at radius 2 is 2.00 bits per heavy atom. The molecule has 0 spiro atoms. The second-order valence-corrected chi connectivity index (χ2v) is 4.02. The Morgan fingerprint density at radius 1 is 1.28 bits per heavy atom. The van der Waals surface area contributed by atoms with Crippen LogP contribution in [0.1, 0.15) is 5.69 Å². The van der Waals surface area contributed by atoms with E-state index in [1.807, 2.05) is 4.57 Å². The van der Waals surface area contributed by atoms with E-state index in [4.69, 9.17) is 26.8 Å². The summed E-state index contributed by atoms with van der Waals surface area (Å²) in [5.74, 6) is 1.20. The predicted octanol–water partition coefficient (Wildman–Crippen LogP) is 2.00. The SMILES string of the molecule is COc1cc(OC)c(-n2cncc2CN)cc1Cl. The molecule has 96 valence electrons. The Balaban J connectivity index is 2.60. The normalized spacial score (nSPS) is 10.4. The summed E-state index contributed by atoms with van der Waals surface area (Å²) in [5, 5.41) is 0.505. The van der Waals surface area contributed by atoms with Crippen molar-refractivity contribution in [3.8, 4) is 17.2 Å². The fourth-order valence-corrected chi connectivity index (χ4v) is 1.96. The number of rotatable bonds is 4. The van der Waals surface area contributed by atoms with Crippen molar-refractivity contribution < 1.29 is 9.47 Å². The van der Waals surface area contributed by atoms with Crippen LogP contribution in [0.2, 0.25) is 5.02 Å². The fraction of sp³-hybridized carbons (Fsp3) is 0.250. The lowest BCUT2D eigenvalue weighted by atomic mass is 10.2. The van der Waals surface area contributed by atoms with Crippen molar-refractivity contribution in [2.75, 3.05) is 14.2 Å². The Morgan fingerprint density at radius 3 is 2.61 bits per heavy atom. The lowest BCUT2D eigenvalue weighted by Gasteiger charge is -2.14. The lowest BCUT2D eigenvalue weighted by Crippen LogP contribution is -2.06. The van der Waals surface area contributed by atoms with E-state index < -0.39 is 0 Å². The van der Waals surface area contributed by atoms with Gasteiger partial charge in [-0.2, -0.15) is 0 Å². The van der Waals surface area contributed by atoms with Crippen molar-refractivity contribution in [3.05, 3.63) is 35.4 Å². The predicted molar refractivity (Wildman–Crippen MR) is 69.6 cm³/mol. The molecule has 18 heavy (non-hydrogen) atoms. The van der Waals surface area contributed by atoms with Crippen LogP contribution in [0.15, 0.2) is 24.7 Å². The molecule has 0 aliphatic carbocycles. The van der Waals surface area contributed by atoms with E-state index in [1.165, 1.54) is 0 Å². The molecule has 2 rings (SSSR count). The van der Waals surface area contributed by atoms with Crippen LogP contribution in [-0.2, 0) is 6.54 Å². The van der Waals surface area contributed by atoms with Gasteiger partial charge in [0.25, 0.3) is 0 Å². The zero-order valence-electron chi connectivity index (χ0n) is 10.2. The number of aromatic nitrogens is 2. The molecule has 1 heterocycles. The van der Waals surface area contributed by atoms with Gasteiger partial charge >= 0.3 is 0 Å². The molecule has 0 atom stereocenters. The summed E-state index contributed by atoms with van der Waals surface area (Å²) in [5.41, 5.74) is 7.31. The summed E-state index contributed by atoms with van der Waals surface area (Å²) in [4.78, 5) is 4.07. The van der Waals surface area contributed by atoms with Crippen molar-refractivity contribution in [2.45, 2.75) is 6.54 Å². The Hall–Kier alpha value is -1.72. The first-order chi connectivity index (χ1) is 8.71. The summed E-state index contributed by atoms with van der Waals surface area (Å²) >= 11 is 6.13. The summed E-state index contributed by atoms with van der Waals surface area (Å²) in [6, 6.07) is 3.50. The van der Waals surface area contributed by atoms with Gasteiger partial charge in [-0.15, -0.1) is 0 Å². The molecule has 0 radical (unpaired) electrons. The molecule has 0 fully saturated rings. The number of hydrogen-bond acceptors (Lipinski definition) is 4. The standard InChI is InChI=1S/C12H14ClN3O2/c1-17-11-4-12(18-2)10(3-9(11)13)16-7-15-6-8(16)5-14/h3-4,6-7H,5,14H2,1-2H3. The molecule has 2 aromatic rings. The van der Waals surface area contributed by atoms with Crippen molar-refractivity contribution in [2.24, 2.45) is 5.73 Å². The van der Waals surface area contributed by atoms with Gasteiger partial charge in [0.05, 0.1) is 37.0 Å². The Bertz CT molecular complexity index is 554. The highest BCUT2D eigenvalue weighted by atomic mass is 35.5. The average molecular weight is 268 g/mol. The minimum Gasteiger partial charge on any atom is -0.495 e. The van der Waals surface area contributed by atoms with E-state index >= 15 is 0 Å². The Labute approximate surface area is 110 Å². The van der Waals surface area contributed by atoms with E-state index in [-0.39, 0.29) is 0 Å². The zero-order valence-corrected chi connectivity index (χ0v) is 10.9. The third-order valence-electron chi connectivity index (χ3n) is 2.64. The molecule has 0 saturated heterocycles. The summed E-state index contributed by atoms with van der Waals surface area (Å²) in [7, 11) is 3.15. The molecule has 6 heteroatoms. The van der Waals surface area contributed by atoms with Gasteiger partial charge in [-0.1, -0.05) is 11.6 Å². The monoisotopic (exact) mass is 267 g/mol. The number of hydrogen-bond donors (Lipinski definition) is 1. The van der Waals surface area contributed by atoms with Crippen molar-refractivity contribution in [3.63, 3.8) is 0 Å². The van der Waals surface area contributed by atoms with E-state index in [0.29, 0.717) is 23.1 Å². The van der Waals surface area contributed by atoms with E-state index in [2.05, 4.69) is 4.98 Å². The molecule has 0 aliphatic rings. The molecule has 1 aromatic carbocycles. The first-order valence-electron chi connectivity index (χ1n) is 5.34. The minimum atomic E-state index is 0.382. The molecule has 0 saturated carbocycles. The van der Waals surface area contributed by atoms with Gasteiger partial charge in [0.1, 0.15) is 11.5 Å². The number of nitrogens with two attached hydrogens (primary N) is 1. The summed E-state index contributed by atoms with van der Waals surface area (Å²) in [6.45, 7) is 0.382. The quantitative estimate of drug-likeness (QED) is 0.920. The fourth-order valence-electron chi connectivity index (χ4n) is 1.72. The first-order valence-corrected chi connectivity index (χ1v) is 5.72. The molecule has 0 amide bonds. The van der Waals surface area contributed by atoms with Gasteiger partial charge in [-0.25, -0.2) is 4.98 Å². The second-order valence-electron chi connectivity index (χ2n) is 3.62. The van der Waals surface area contributed by atoms with Gasteiger partial charge in [-0.3, -0.25) is 4.57 Å². The van der Waals surface area contributed by atoms with Crippen LogP contribution in [0.5, 0.6) is 11.5 Å². The molecular formula is C12H14ClN3O2. The van der Waals surface area contributed by atoms with Crippen LogP contribution in [0.4, 0.5) is 0 Å². The van der Waals surface area contributed by atoms with Crippen LogP contribution in [-0.4, -0.2) is 23.8 Å². The van der Waals surface area contributed by atoms with Crippen LogP contribution in [0.3, 0.4) is 0 Å². The van der Waals surface area contributed by atoms with Crippen molar-refractivity contribution in [1.82, 2.24) is 9.55 Å². The number of nitrogens with zero attached hydrogens (tertiary/aromatic N) is 2. The number of benzene rings is 1. The number of methoxy groups -OCH3 is 2. The van der Waals surface area contributed by atoms with Gasteiger partial charge in [0, 0.05) is 18.8 Å². The largest absolute Gasteiger partial charge is 0.495 e. The van der Waals surface area contributed by atoms with E-state index in [0.717, 1.165) is 11.4 Å². The topological polar surface area (TPSA) is 62.3 Å². The Kier molecular flexibility index (Phi) is 3.74. The molecule has 0 aliphatic heterocycles. The lowest BCUT2D eigenvalue weighted by molar-refractivity contribution is 0.393.